The van der Waals surface area contributed by atoms with Crippen molar-refractivity contribution < 1.29 is 4.79 Å². The lowest BCUT2D eigenvalue weighted by atomic mass is 10.0. The van der Waals surface area contributed by atoms with Crippen LogP contribution < -0.4 is 5.32 Å². The summed E-state index contributed by atoms with van der Waals surface area (Å²) in [6, 6.07) is 0. The van der Waals surface area contributed by atoms with E-state index in [0.29, 0.717) is 0 Å². The molecule has 3 nitrogen and oxygen atoms in total. The SMILES string of the molecule is C=CC(=O)N1CCCCC1.CC1CCCNC1. The van der Waals surface area contributed by atoms with Crippen molar-refractivity contribution in [2.24, 2.45) is 5.92 Å². The van der Waals surface area contributed by atoms with Crippen molar-refractivity contribution >= 4 is 5.91 Å². The van der Waals surface area contributed by atoms with E-state index < -0.39 is 0 Å². The molecule has 2 aliphatic heterocycles. The van der Waals surface area contributed by atoms with Crippen molar-refractivity contribution in [1.29, 1.82) is 0 Å². The maximum atomic E-state index is 11.0. The number of carbonyl (C=O) groups is 1. The Hall–Kier alpha value is -0.830. The minimum Gasteiger partial charge on any atom is -0.339 e. The molecule has 0 bridgehead atoms. The molecule has 0 saturated carbocycles. The van der Waals surface area contributed by atoms with Gasteiger partial charge in [0.1, 0.15) is 0 Å². The monoisotopic (exact) mass is 238 g/mol. The van der Waals surface area contributed by atoms with Crippen LogP contribution in [0.2, 0.25) is 0 Å². The minimum atomic E-state index is 0.0831. The van der Waals surface area contributed by atoms with Crippen LogP contribution in [0.1, 0.15) is 39.0 Å². The lowest BCUT2D eigenvalue weighted by Gasteiger charge is -2.25. The van der Waals surface area contributed by atoms with Gasteiger partial charge in [0.25, 0.3) is 0 Å². The van der Waals surface area contributed by atoms with Gasteiger partial charge in [-0.15, -0.1) is 0 Å². The molecule has 3 heteroatoms. The molecule has 1 atom stereocenters. The number of hydrogen-bond acceptors (Lipinski definition) is 2. The van der Waals surface area contributed by atoms with E-state index in [1.807, 2.05) is 4.90 Å². The second-order valence-electron chi connectivity index (χ2n) is 5.04. The summed E-state index contributed by atoms with van der Waals surface area (Å²) in [6.45, 7) is 10.1. The van der Waals surface area contributed by atoms with Gasteiger partial charge in [-0.25, -0.2) is 0 Å². The van der Waals surface area contributed by atoms with Crippen molar-refractivity contribution in [2.45, 2.75) is 39.0 Å². The molecule has 0 spiro atoms. The third-order valence-corrected chi connectivity index (χ3v) is 3.39. The van der Waals surface area contributed by atoms with Gasteiger partial charge in [-0.1, -0.05) is 13.5 Å². The highest BCUT2D eigenvalue weighted by atomic mass is 16.2. The molecule has 1 amide bonds. The first-order valence-corrected chi connectivity index (χ1v) is 6.86. The summed E-state index contributed by atoms with van der Waals surface area (Å²) in [5, 5.41) is 3.33. The Labute approximate surface area is 105 Å². The van der Waals surface area contributed by atoms with E-state index in [0.717, 1.165) is 31.8 Å². The second-order valence-corrected chi connectivity index (χ2v) is 5.04. The first kappa shape index (κ1) is 14.2. The van der Waals surface area contributed by atoms with E-state index in [1.165, 1.54) is 38.4 Å². The highest BCUT2D eigenvalue weighted by Crippen LogP contribution is 2.08. The molecular formula is C14H26N2O. The van der Waals surface area contributed by atoms with Crippen LogP contribution in [0.3, 0.4) is 0 Å². The molecule has 2 heterocycles. The summed E-state index contributed by atoms with van der Waals surface area (Å²) in [5.41, 5.74) is 0. The molecule has 0 aromatic carbocycles. The molecule has 2 saturated heterocycles. The molecule has 0 aromatic heterocycles. The number of rotatable bonds is 1. The van der Waals surface area contributed by atoms with Gasteiger partial charge in [-0.3, -0.25) is 4.79 Å². The average Bonchev–Trinajstić information content (AvgIpc) is 2.40. The smallest absolute Gasteiger partial charge is 0.245 e. The maximum absolute atomic E-state index is 11.0. The van der Waals surface area contributed by atoms with E-state index in [-0.39, 0.29) is 5.91 Å². The fourth-order valence-electron chi connectivity index (χ4n) is 2.27. The zero-order valence-corrected chi connectivity index (χ0v) is 11.1. The van der Waals surface area contributed by atoms with Crippen LogP contribution in [-0.4, -0.2) is 37.0 Å². The quantitative estimate of drug-likeness (QED) is 0.710. The molecule has 1 unspecified atom stereocenters. The maximum Gasteiger partial charge on any atom is 0.245 e. The average molecular weight is 238 g/mol. The molecule has 2 aliphatic rings. The molecule has 0 aliphatic carbocycles. The van der Waals surface area contributed by atoms with Crippen molar-refractivity contribution in [3.8, 4) is 0 Å². The number of likely N-dealkylation sites (tertiary alicyclic amines) is 1. The van der Waals surface area contributed by atoms with Gasteiger partial charge in [-0.2, -0.15) is 0 Å². The van der Waals surface area contributed by atoms with Crippen LogP contribution in [0.15, 0.2) is 12.7 Å². The van der Waals surface area contributed by atoms with Crippen LogP contribution in [0.5, 0.6) is 0 Å². The minimum absolute atomic E-state index is 0.0831. The Morgan fingerprint density at radius 2 is 2.00 bits per heavy atom. The fourth-order valence-corrected chi connectivity index (χ4v) is 2.27. The van der Waals surface area contributed by atoms with Gasteiger partial charge < -0.3 is 10.2 Å². The molecule has 17 heavy (non-hydrogen) atoms. The first-order chi connectivity index (χ1) is 8.24. The van der Waals surface area contributed by atoms with Gasteiger partial charge in [0.2, 0.25) is 5.91 Å². The van der Waals surface area contributed by atoms with Crippen molar-refractivity contribution in [2.75, 3.05) is 26.2 Å². The van der Waals surface area contributed by atoms with Gasteiger partial charge in [0.05, 0.1) is 0 Å². The highest BCUT2D eigenvalue weighted by Gasteiger charge is 2.12. The number of nitrogens with one attached hydrogen (secondary N) is 1. The summed E-state index contributed by atoms with van der Waals surface area (Å²) in [7, 11) is 0. The number of carbonyl (C=O) groups excluding carboxylic acids is 1. The number of nitrogens with zero attached hydrogens (tertiary/aromatic N) is 1. The van der Waals surface area contributed by atoms with Crippen LogP contribution in [0, 0.1) is 5.92 Å². The second kappa shape index (κ2) is 8.29. The molecule has 98 valence electrons. The van der Waals surface area contributed by atoms with E-state index in [2.05, 4.69) is 18.8 Å². The van der Waals surface area contributed by atoms with Gasteiger partial charge in [0.15, 0.2) is 0 Å². The summed E-state index contributed by atoms with van der Waals surface area (Å²) in [5.74, 6) is 1.01. The molecule has 0 aromatic rings. The summed E-state index contributed by atoms with van der Waals surface area (Å²) in [6.07, 6.45) is 7.76. The standard InChI is InChI=1S/C8H13NO.C6H13N/c1-2-8(10)9-6-4-3-5-7-9;1-6-3-2-4-7-5-6/h2H,1,3-7H2;6-7H,2-5H2,1H3. The predicted molar refractivity (Wildman–Crippen MR) is 71.9 cm³/mol. The van der Waals surface area contributed by atoms with Crippen LogP contribution in [0.4, 0.5) is 0 Å². The van der Waals surface area contributed by atoms with Gasteiger partial charge >= 0.3 is 0 Å². The molecule has 2 fully saturated rings. The first-order valence-electron chi connectivity index (χ1n) is 6.86. The number of piperidine rings is 2. The largest absolute Gasteiger partial charge is 0.339 e. The molecule has 1 N–H and O–H groups in total. The summed E-state index contributed by atoms with van der Waals surface area (Å²) >= 11 is 0. The zero-order valence-electron chi connectivity index (χ0n) is 11.1. The Morgan fingerprint density at radius 3 is 2.41 bits per heavy atom. The number of amides is 1. The Balaban J connectivity index is 0.000000181. The molecule has 0 radical (unpaired) electrons. The van der Waals surface area contributed by atoms with Crippen LogP contribution in [-0.2, 0) is 4.79 Å². The third kappa shape index (κ3) is 5.87. The van der Waals surface area contributed by atoms with Crippen molar-refractivity contribution in [1.82, 2.24) is 10.2 Å². The fraction of sp³-hybridized carbons (Fsp3) is 0.786. The van der Waals surface area contributed by atoms with Crippen LogP contribution in [0.25, 0.3) is 0 Å². The van der Waals surface area contributed by atoms with Crippen molar-refractivity contribution in [3.05, 3.63) is 12.7 Å². The third-order valence-electron chi connectivity index (χ3n) is 3.39. The summed E-state index contributed by atoms with van der Waals surface area (Å²) < 4.78 is 0. The van der Waals surface area contributed by atoms with Gasteiger partial charge in [-0.05, 0) is 57.2 Å². The Morgan fingerprint density at radius 1 is 1.29 bits per heavy atom. The Kier molecular flexibility index (Phi) is 6.94. The number of hydrogen-bond donors (Lipinski definition) is 1. The topological polar surface area (TPSA) is 32.3 Å². The predicted octanol–water partition coefficient (Wildman–Crippen LogP) is 2.19. The molecule has 2 rings (SSSR count). The lowest BCUT2D eigenvalue weighted by molar-refractivity contribution is -0.126. The zero-order chi connectivity index (χ0) is 12.5. The van der Waals surface area contributed by atoms with Crippen LogP contribution >= 0.6 is 0 Å². The lowest BCUT2D eigenvalue weighted by Crippen LogP contribution is -2.34. The van der Waals surface area contributed by atoms with E-state index >= 15 is 0 Å². The normalized spacial score (nSPS) is 24.5. The summed E-state index contributed by atoms with van der Waals surface area (Å²) in [4.78, 5) is 12.8. The van der Waals surface area contributed by atoms with Gasteiger partial charge in [0, 0.05) is 13.1 Å². The van der Waals surface area contributed by atoms with E-state index in [4.69, 9.17) is 0 Å². The van der Waals surface area contributed by atoms with E-state index in [1.54, 1.807) is 0 Å². The molecular weight excluding hydrogens is 212 g/mol. The van der Waals surface area contributed by atoms with Crippen molar-refractivity contribution in [3.63, 3.8) is 0 Å². The van der Waals surface area contributed by atoms with E-state index in [9.17, 15) is 4.79 Å². The highest BCUT2D eigenvalue weighted by molar-refractivity contribution is 5.86. The Bertz CT molecular complexity index is 228.